The van der Waals surface area contributed by atoms with Crippen molar-refractivity contribution < 1.29 is 9.13 Å². The second-order valence-electron chi connectivity index (χ2n) is 4.49. The summed E-state index contributed by atoms with van der Waals surface area (Å²) < 4.78 is 21.2. The number of hydrogen-bond acceptors (Lipinski definition) is 3. The molecule has 5 heteroatoms. The lowest BCUT2D eigenvalue weighted by Crippen LogP contribution is -2.12. The summed E-state index contributed by atoms with van der Waals surface area (Å²) in [5.41, 5.74) is 0.876. The SMILES string of the molecule is CCNCc1cc(F)cc(OCc2nccn2CC)c1. The maximum Gasteiger partial charge on any atom is 0.146 e. The number of aryl methyl sites for hydroxylation is 1. The van der Waals surface area contributed by atoms with Gasteiger partial charge in [-0.05, 0) is 31.2 Å². The fraction of sp³-hybridized carbons (Fsp3) is 0.400. The number of benzene rings is 1. The van der Waals surface area contributed by atoms with Crippen LogP contribution < -0.4 is 10.1 Å². The third-order valence-electron chi connectivity index (χ3n) is 3.02. The lowest BCUT2D eigenvalue weighted by molar-refractivity contribution is 0.288. The summed E-state index contributed by atoms with van der Waals surface area (Å²) >= 11 is 0. The minimum atomic E-state index is -0.283. The molecule has 0 bridgehead atoms. The standard InChI is InChI=1S/C15H20FN3O/c1-3-17-10-12-7-13(16)9-14(8-12)20-11-15-18-5-6-19(15)4-2/h5-9,17H,3-4,10-11H2,1-2H3. The van der Waals surface area contributed by atoms with Crippen LogP contribution >= 0.6 is 0 Å². The van der Waals surface area contributed by atoms with Crippen molar-refractivity contribution in [2.45, 2.75) is 33.5 Å². The number of hydrogen-bond donors (Lipinski definition) is 1. The lowest BCUT2D eigenvalue weighted by Gasteiger charge is -2.10. The van der Waals surface area contributed by atoms with Crippen LogP contribution in [-0.4, -0.2) is 16.1 Å². The highest BCUT2D eigenvalue weighted by Crippen LogP contribution is 2.17. The minimum absolute atomic E-state index is 0.283. The Morgan fingerprint density at radius 3 is 2.90 bits per heavy atom. The Kier molecular flexibility index (Phi) is 5.12. The molecule has 0 amide bonds. The van der Waals surface area contributed by atoms with Gasteiger partial charge in [0.05, 0.1) is 0 Å². The van der Waals surface area contributed by atoms with E-state index in [-0.39, 0.29) is 5.82 Å². The molecular weight excluding hydrogens is 257 g/mol. The lowest BCUT2D eigenvalue weighted by atomic mass is 10.2. The summed E-state index contributed by atoms with van der Waals surface area (Å²) in [4.78, 5) is 4.23. The molecule has 0 fully saturated rings. The molecule has 0 spiro atoms. The number of imidazole rings is 1. The zero-order valence-electron chi connectivity index (χ0n) is 11.9. The molecule has 0 unspecified atom stereocenters. The maximum atomic E-state index is 13.5. The molecule has 0 saturated carbocycles. The van der Waals surface area contributed by atoms with Gasteiger partial charge >= 0.3 is 0 Å². The van der Waals surface area contributed by atoms with Crippen LogP contribution in [0.15, 0.2) is 30.6 Å². The Balaban J connectivity index is 2.03. The fourth-order valence-electron chi connectivity index (χ4n) is 1.99. The highest BCUT2D eigenvalue weighted by molar-refractivity contribution is 5.29. The van der Waals surface area contributed by atoms with Gasteiger partial charge in [-0.15, -0.1) is 0 Å². The Morgan fingerprint density at radius 2 is 2.15 bits per heavy atom. The van der Waals surface area contributed by atoms with E-state index in [1.165, 1.54) is 12.1 Å². The van der Waals surface area contributed by atoms with Crippen molar-refractivity contribution in [2.24, 2.45) is 0 Å². The third kappa shape index (κ3) is 3.81. The van der Waals surface area contributed by atoms with Crippen molar-refractivity contribution in [3.8, 4) is 5.75 Å². The van der Waals surface area contributed by atoms with E-state index in [9.17, 15) is 4.39 Å². The molecule has 0 aliphatic rings. The first-order valence-corrected chi connectivity index (χ1v) is 6.86. The van der Waals surface area contributed by atoms with Crippen molar-refractivity contribution in [3.63, 3.8) is 0 Å². The number of aromatic nitrogens is 2. The van der Waals surface area contributed by atoms with E-state index in [2.05, 4.69) is 10.3 Å². The first-order chi connectivity index (χ1) is 9.72. The smallest absolute Gasteiger partial charge is 0.146 e. The first-order valence-electron chi connectivity index (χ1n) is 6.86. The second-order valence-corrected chi connectivity index (χ2v) is 4.49. The van der Waals surface area contributed by atoms with Crippen LogP contribution in [0.1, 0.15) is 25.2 Å². The van der Waals surface area contributed by atoms with E-state index in [0.717, 1.165) is 24.5 Å². The van der Waals surface area contributed by atoms with E-state index in [4.69, 9.17) is 4.74 Å². The minimum Gasteiger partial charge on any atom is -0.486 e. The summed E-state index contributed by atoms with van der Waals surface area (Å²) in [6.07, 6.45) is 3.64. The van der Waals surface area contributed by atoms with Crippen LogP contribution in [0.5, 0.6) is 5.75 Å². The number of ether oxygens (including phenoxy) is 1. The molecule has 0 atom stereocenters. The Labute approximate surface area is 118 Å². The van der Waals surface area contributed by atoms with Gasteiger partial charge in [-0.1, -0.05) is 6.92 Å². The number of nitrogens with one attached hydrogen (secondary N) is 1. The van der Waals surface area contributed by atoms with E-state index < -0.39 is 0 Å². The average Bonchev–Trinajstić information content (AvgIpc) is 2.90. The molecule has 0 aliphatic heterocycles. The van der Waals surface area contributed by atoms with Crippen LogP contribution in [0.4, 0.5) is 4.39 Å². The molecule has 0 radical (unpaired) electrons. The molecule has 4 nitrogen and oxygen atoms in total. The van der Waals surface area contributed by atoms with Crippen LogP contribution in [0.2, 0.25) is 0 Å². The summed E-state index contributed by atoms with van der Waals surface area (Å²) in [6.45, 7) is 6.72. The van der Waals surface area contributed by atoms with Crippen molar-refractivity contribution in [1.29, 1.82) is 0 Å². The number of nitrogens with zero attached hydrogens (tertiary/aromatic N) is 2. The maximum absolute atomic E-state index is 13.5. The van der Waals surface area contributed by atoms with Gasteiger partial charge in [0.15, 0.2) is 0 Å². The molecule has 1 heterocycles. The molecule has 2 aromatic rings. The van der Waals surface area contributed by atoms with Gasteiger partial charge in [-0.2, -0.15) is 0 Å². The normalized spacial score (nSPS) is 10.8. The molecule has 0 saturated heterocycles. The van der Waals surface area contributed by atoms with Gasteiger partial charge in [-0.3, -0.25) is 0 Å². The predicted molar refractivity (Wildman–Crippen MR) is 76.0 cm³/mol. The van der Waals surface area contributed by atoms with E-state index in [0.29, 0.717) is 18.9 Å². The molecular formula is C15H20FN3O. The largest absolute Gasteiger partial charge is 0.486 e. The molecule has 1 N–H and O–H groups in total. The second kappa shape index (κ2) is 7.05. The molecule has 20 heavy (non-hydrogen) atoms. The quantitative estimate of drug-likeness (QED) is 0.846. The Bertz CT molecular complexity index is 554. The van der Waals surface area contributed by atoms with Gasteiger partial charge in [0.2, 0.25) is 0 Å². The van der Waals surface area contributed by atoms with Gasteiger partial charge in [0.1, 0.15) is 24.0 Å². The molecule has 1 aromatic heterocycles. The van der Waals surface area contributed by atoms with Gasteiger partial charge in [0, 0.05) is 31.5 Å². The number of halogens is 1. The molecule has 108 valence electrons. The summed E-state index contributed by atoms with van der Waals surface area (Å²) in [5.74, 6) is 1.09. The zero-order valence-corrected chi connectivity index (χ0v) is 11.9. The summed E-state index contributed by atoms with van der Waals surface area (Å²) in [6, 6.07) is 4.77. The topological polar surface area (TPSA) is 39.1 Å². The molecule has 2 rings (SSSR count). The molecule has 1 aromatic carbocycles. The molecule has 0 aliphatic carbocycles. The van der Waals surface area contributed by atoms with Gasteiger partial charge in [-0.25, -0.2) is 9.37 Å². The first kappa shape index (κ1) is 14.5. The van der Waals surface area contributed by atoms with Gasteiger partial charge in [0.25, 0.3) is 0 Å². The monoisotopic (exact) mass is 277 g/mol. The fourth-order valence-corrected chi connectivity index (χ4v) is 1.99. The van der Waals surface area contributed by atoms with Crippen molar-refractivity contribution in [2.75, 3.05) is 6.54 Å². The van der Waals surface area contributed by atoms with Crippen molar-refractivity contribution >= 4 is 0 Å². The van der Waals surface area contributed by atoms with Crippen LogP contribution in [0, 0.1) is 5.82 Å². The van der Waals surface area contributed by atoms with Crippen LogP contribution in [0.25, 0.3) is 0 Å². The highest BCUT2D eigenvalue weighted by atomic mass is 19.1. The van der Waals surface area contributed by atoms with Crippen LogP contribution in [-0.2, 0) is 19.7 Å². The van der Waals surface area contributed by atoms with Gasteiger partial charge < -0.3 is 14.6 Å². The average molecular weight is 277 g/mol. The van der Waals surface area contributed by atoms with Crippen molar-refractivity contribution in [1.82, 2.24) is 14.9 Å². The summed E-state index contributed by atoms with van der Waals surface area (Å²) in [7, 11) is 0. The van der Waals surface area contributed by atoms with E-state index in [1.807, 2.05) is 30.7 Å². The van der Waals surface area contributed by atoms with E-state index >= 15 is 0 Å². The Morgan fingerprint density at radius 1 is 1.30 bits per heavy atom. The zero-order chi connectivity index (χ0) is 14.4. The highest BCUT2D eigenvalue weighted by Gasteiger charge is 2.05. The summed E-state index contributed by atoms with van der Waals surface area (Å²) in [5, 5.41) is 3.17. The van der Waals surface area contributed by atoms with Crippen LogP contribution in [0.3, 0.4) is 0 Å². The number of rotatable bonds is 7. The predicted octanol–water partition coefficient (Wildman–Crippen LogP) is 2.73. The van der Waals surface area contributed by atoms with Crippen molar-refractivity contribution in [3.05, 3.63) is 47.8 Å². The van der Waals surface area contributed by atoms with E-state index in [1.54, 1.807) is 6.20 Å². The Hall–Kier alpha value is -1.88. The third-order valence-corrected chi connectivity index (χ3v) is 3.02.